The van der Waals surface area contributed by atoms with Gasteiger partial charge < -0.3 is 10.2 Å². The fourth-order valence-corrected chi connectivity index (χ4v) is 5.20. The van der Waals surface area contributed by atoms with Gasteiger partial charge in [0.15, 0.2) is 0 Å². The number of fused-ring (bicyclic) bond motifs is 2. The molecule has 27 heavy (non-hydrogen) atoms. The van der Waals surface area contributed by atoms with Crippen LogP contribution in [0.1, 0.15) is 53.6 Å². The highest BCUT2D eigenvalue weighted by Crippen LogP contribution is 2.24. The van der Waals surface area contributed by atoms with Gasteiger partial charge in [0.2, 0.25) is 0 Å². The zero-order valence-electron chi connectivity index (χ0n) is 15.9. The van der Waals surface area contributed by atoms with Crippen LogP contribution in [0.5, 0.6) is 0 Å². The van der Waals surface area contributed by atoms with Gasteiger partial charge in [-0.3, -0.25) is 4.79 Å². The van der Waals surface area contributed by atoms with Gasteiger partial charge in [-0.15, -0.1) is 0 Å². The first kappa shape index (κ1) is 18.5. The van der Waals surface area contributed by atoms with Gasteiger partial charge in [0.25, 0.3) is 5.91 Å². The van der Waals surface area contributed by atoms with E-state index in [2.05, 4.69) is 17.4 Å². The van der Waals surface area contributed by atoms with Crippen molar-refractivity contribution in [2.45, 2.75) is 63.7 Å². The number of hydrogen-bond acceptors (Lipinski definition) is 1. The third kappa shape index (κ3) is 4.04. The highest BCUT2D eigenvalue weighted by molar-refractivity contribution is 6.31. The van der Waals surface area contributed by atoms with Crippen LogP contribution < -0.4 is 10.2 Å². The summed E-state index contributed by atoms with van der Waals surface area (Å²) in [4.78, 5) is 14.4. The molecule has 1 amide bonds. The Morgan fingerprint density at radius 3 is 2.44 bits per heavy atom. The van der Waals surface area contributed by atoms with Crippen molar-refractivity contribution in [3.05, 3.63) is 70.2 Å². The SMILES string of the molecule is Cc1ccccc1C(=O)NC1C[C@H]2CCC[C@H](C1)[NH+]2Cc1ccccc1Cl. The number of benzene rings is 2. The molecule has 2 saturated heterocycles. The minimum Gasteiger partial charge on any atom is -0.349 e. The summed E-state index contributed by atoms with van der Waals surface area (Å²) >= 11 is 6.41. The predicted molar refractivity (Wildman–Crippen MR) is 109 cm³/mol. The van der Waals surface area contributed by atoms with Crippen LogP contribution in [0.15, 0.2) is 48.5 Å². The van der Waals surface area contributed by atoms with Gasteiger partial charge in [-0.05, 0) is 43.9 Å². The maximum Gasteiger partial charge on any atom is 0.251 e. The molecule has 4 rings (SSSR count). The van der Waals surface area contributed by atoms with Crippen molar-refractivity contribution in [3.63, 3.8) is 0 Å². The van der Waals surface area contributed by atoms with Crippen molar-refractivity contribution < 1.29 is 9.69 Å². The third-order valence-electron chi connectivity index (χ3n) is 6.37. The lowest BCUT2D eigenvalue weighted by atomic mass is 9.81. The number of halogens is 1. The number of rotatable bonds is 4. The largest absolute Gasteiger partial charge is 0.349 e. The number of carbonyl (C=O) groups is 1. The Kier molecular flexibility index (Phi) is 5.51. The second-order valence-electron chi connectivity index (χ2n) is 8.12. The molecular weight excluding hydrogens is 356 g/mol. The summed E-state index contributed by atoms with van der Waals surface area (Å²) in [5.74, 6) is 0.0747. The van der Waals surface area contributed by atoms with Gasteiger partial charge in [-0.25, -0.2) is 0 Å². The normalized spacial score (nSPS) is 27.2. The summed E-state index contributed by atoms with van der Waals surface area (Å²) in [6.45, 7) is 2.99. The lowest BCUT2D eigenvalue weighted by molar-refractivity contribution is -0.973. The summed E-state index contributed by atoms with van der Waals surface area (Å²) in [6.07, 6.45) is 5.92. The molecule has 0 aliphatic carbocycles. The average Bonchev–Trinajstić information content (AvgIpc) is 2.64. The molecule has 2 bridgehead atoms. The Labute approximate surface area is 166 Å². The van der Waals surface area contributed by atoms with Crippen molar-refractivity contribution in [2.24, 2.45) is 0 Å². The zero-order valence-corrected chi connectivity index (χ0v) is 16.6. The predicted octanol–water partition coefficient (Wildman–Crippen LogP) is 3.55. The van der Waals surface area contributed by atoms with E-state index in [0.717, 1.165) is 35.5 Å². The van der Waals surface area contributed by atoms with E-state index >= 15 is 0 Å². The van der Waals surface area contributed by atoms with Gasteiger partial charge in [-0.1, -0.05) is 48.0 Å². The summed E-state index contributed by atoms with van der Waals surface area (Å²) in [6, 6.07) is 17.5. The first-order valence-electron chi connectivity index (χ1n) is 10.1. The minimum absolute atomic E-state index is 0.0747. The molecule has 0 saturated carbocycles. The molecule has 2 aromatic carbocycles. The first-order valence-corrected chi connectivity index (χ1v) is 10.4. The fraction of sp³-hybridized carbons (Fsp3) is 0.435. The van der Waals surface area contributed by atoms with Crippen LogP contribution >= 0.6 is 11.6 Å². The number of hydrogen-bond donors (Lipinski definition) is 2. The lowest BCUT2D eigenvalue weighted by Gasteiger charge is -2.46. The second kappa shape index (κ2) is 8.04. The Bertz CT molecular complexity index is 808. The van der Waals surface area contributed by atoms with Crippen molar-refractivity contribution in [2.75, 3.05) is 0 Å². The van der Waals surface area contributed by atoms with Gasteiger partial charge in [0.05, 0.1) is 12.1 Å². The summed E-state index contributed by atoms with van der Waals surface area (Å²) in [7, 11) is 0. The Balaban J connectivity index is 1.44. The van der Waals surface area contributed by atoms with Crippen LogP contribution in [0.4, 0.5) is 0 Å². The van der Waals surface area contributed by atoms with Crippen LogP contribution in [0.3, 0.4) is 0 Å². The molecular formula is C23H28ClN2O+. The molecule has 4 heteroatoms. The van der Waals surface area contributed by atoms with E-state index in [1.54, 1.807) is 4.90 Å². The molecule has 2 fully saturated rings. The number of nitrogens with one attached hydrogen (secondary N) is 2. The molecule has 2 aliphatic rings. The maximum absolute atomic E-state index is 12.7. The molecule has 0 unspecified atom stereocenters. The number of amides is 1. The average molecular weight is 384 g/mol. The monoisotopic (exact) mass is 383 g/mol. The van der Waals surface area contributed by atoms with Gasteiger partial charge in [-0.2, -0.15) is 0 Å². The standard InChI is InChI=1S/C23H27ClN2O/c1-16-7-2-4-11-21(16)23(27)25-18-13-19-9-6-10-20(14-18)26(19)15-17-8-3-5-12-22(17)24/h2-5,7-8,11-12,18-20H,6,9-10,13-15H2,1H3,(H,25,27)/p+1/t19-,20-/m1/s1. The van der Waals surface area contributed by atoms with Crippen LogP contribution in [0.2, 0.25) is 5.02 Å². The Morgan fingerprint density at radius 1 is 1.07 bits per heavy atom. The van der Waals surface area contributed by atoms with E-state index < -0.39 is 0 Å². The molecule has 0 spiro atoms. The number of quaternary nitrogens is 1. The maximum atomic E-state index is 12.7. The first-order chi connectivity index (χ1) is 13.1. The van der Waals surface area contributed by atoms with Crippen LogP contribution in [-0.2, 0) is 6.54 Å². The van der Waals surface area contributed by atoms with Crippen LogP contribution in [0.25, 0.3) is 0 Å². The van der Waals surface area contributed by atoms with Crippen LogP contribution in [0, 0.1) is 6.92 Å². The van der Waals surface area contributed by atoms with Crippen molar-refractivity contribution in [1.82, 2.24) is 5.32 Å². The Morgan fingerprint density at radius 2 is 1.74 bits per heavy atom. The van der Waals surface area contributed by atoms with Crippen LogP contribution in [-0.4, -0.2) is 24.0 Å². The summed E-state index contributed by atoms with van der Waals surface area (Å²) in [5, 5.41) is 4.20. The van der Waals surface area contributed by atoms with Crippen molar-refractivity contribution >= 4 is 17.5 Å². The quantitative estimate of drug-likeness (QED) is 0.831. The smallest absolute Gasteiger partial charge is 0.251 e. The lowest BCUT2D eigenvalue weighted by Crippen LogP contribution is -3.20. The van der Waals surface area contributed by atoms with E-state index in [-0.39, 0.29) is 11.9 Å². The number of piperidine rings is 2. The topological polar surface area (TPSA) is 33.5 Å². The highest BCUT2D eigenvalue weighted by atomic mass is 35.5. The van der Waals surface area contributed by atoms with E-state index in [0.29, 0.717) is 12.1 Å². The zero-order chi connectivity index (χ0) is 18.8. The molecule has 2 atom stereocenters. The molecule has 142 valence electrons. The van der Waals surface area contributed by atoms with Crippen molar-refractivity contribution in [1.29, 1.82) is 0 Å². The molecule has 2 aliphatic heterocycles. The van der Waals surface area contributed by atoms with E-state index in [4.69, 9.17) is 11.6 Å². The molecule has 2 aromatic rings. The van der Waals surface area contributed by atoms with Gasteiger partial charge >= 0.3 is 0 Å². The minimum atomic E-state index is 0.0747. The highest BCUT2D eigenvalue weighted by Gasteiger charge is 2.42. The molecule has 0 aromatic heterocycles. The van der Waals surface area contributed by atoms with E-state index in [1.807, 2.05) is 43.3 Å². The van der Waals surface area contributed by atoms with Crippen molar-refractivity contribution in [3.8, 4) is 0 Å². The summed E-state index contributed by atoms with van der Waals surface area (Å²) < 4.78 is 0. The Hall–Kier alpha value is -1.84. The fourth-order valence-electron chi connectivity index (χ4n) is 5.00. The third-order valence-corrected chi connectivity index (χ3v) is 6.74. The number of aryl methyl sites for hydroxylation is 1. The second-order valence-corrected chi connectivity index (χ2v) is 8.53. The van der Waals surface area contributed by atoms with E-state index in [1.165, 1.54) is 24.8 Å². The molecule has 0 radical (unpaired) electrons. The molecule has 2 N–H and O–H groups in total. The molecule has 2 heterocycles. The van der Waals surface area contributed by atoms with Gasteiger partial charge in [0, 0.05) is 35.0 Å². The van der Waals surface area contributed by atoms with Gasteiger partial charge in [0.1, 0.15) is 6.54 Å². The summed E-state index contributed by atoms with van der Waals surface area (Å²) in [5.41, 5.74) is 3.08. The number of carbonyl (C=O) groups excluding carboxylic acids is 1. The van der Waals surface area contributed by atoms with E-state index in [9.17, 15) is 4.79 Å². The molecule has 3 nitrogen and oxygen atoms in total.